The fourth-order valence-corrected chi connectivity index (χ4v) is 4.75. The van der Waals surface area contributed by atoms with Gasteiger partial charge in [-0.1, -0.05) is 6.42 Å². The maximum Gasteiger partial charge on any atom is 0.271 e. The summed E-state index contributed by atoms with van der Waals surface area (Å²) in [5.41, 5.74) is 0.469. The molecule has 2 fully saturated rings. The Bertz CT molecular complexity index is 739. The van der Waals surface area contributed by atoms with Crippen LogP contribution in [0, 0.1) is 17.8 Å². The lowest BCUT2D eigenvalue weighted by Crippen LogP contribution is -2.40. The molecule has 0 radical (unpaired) electrons. The smallest absolute Gasteiger partial charge is 0.271 e. The fourth-order valence-electron chi connectivity index (χ4n) is 4.42. The van der Waals surface area contributed by atoms with Crippen molar-refractivity contribution < 1.29 is 4.79 Å². The largest absolute Gasteiger partial charge is 0.348 e. The van der Waals surface area contributed by atoms with Crippen LogP contribution in [0.15, 0.2) is 29.1 Å². The second kappa shape index (κ2) is 6.35. The van der Waals surface area contributed by atoms with Crippen LogP contribution < -0.4 is 5.32 Å². The van der Waals surface area contributed by atoms with Crippen LogP contribution in [-0.2, 0) is 6.67 Å². The van der Waals surface area contributed by atoms with Gasteiger partial charge >= 0.3 is 0 Å². The lowest BCUT2D eigenvalue weighted by atomic mass is 9.84. The number of amides is 1. The maximum atomic E-state index is 12.5. The molecule has 2 aliphatic carbocycles. The number of halogens is 1. The van der Waals surface area contributed by atoms with Crippen LogP contribution >= 0.6 is 15.9 Å². The second-order valence-electron chi connectivity index (χ2n) is 7.18. The summed E-state index contributed by atoms with van der Waals surface area (Å²) < 4.78 is 4.40. The minimum atomic E-state index is -0.0781. The van der Waals surface area contributed by atoms with Gasteiger partial charge in [0.1, 0.15) is 12.4 Å². The number of nitrogens with one attached hydrogen (secondary N) is 1. The summed E-state index contributed by atoms with van der Waals surface area (Å²) in [5.74, 6) is 2.26. The van der Waals surface area contributed by atoms with Gasteiger partial charge in [0, 0.05) is 18.4 Å². The summed E-state index contributed by atoms with van der Waals surface area (Å²) in [5, 5.41) is 11.7. The third kappa shape index (κ3) is 3.14. The van der Waals surface area contributed by atoms with Gasteiger partial charge in [0.25, 0.3) is 5.91 Å². The Morgan fingerprint density at radius 3 is 2.96 bits per heavy atom. The zero-order valence-corrected chi connectivity index (χ0v) is 15.3. The molecule has 0 saturated heterocycles. The van der Waals surface area contributed by atoms with E-state index < -0.39 is 0 Å². The first-order valence-electron chi connectivity index (χ1n) is 8.61. The predicted molar refractivity (Wildman–Crippen MR) is 93.4 cm³/mol. The molecule has 24 heavy (non-hydrogen) atoms. The van der Waals surface area contributed by atoms with E-state index in [9.17, 15) is 4.79 Å². The number of aromatic nitrogens is 4. The molecular formula is C17H22BrN5O. The van der Waals surface area contributed by atoms with Crippen molar-refractivity contribution in [3.05, 3.63) is 34.8 Å². The van der Waals surface area contributed by atoms with Crippen LogP contribution in [0.2, 0.25) is 0 Å². The van der Waals surface area contributed by atoms with E-state index in [0.29, 0.717) is 18.3 Å². The average Bonchev–Trinajstić information content (AvgIpc) is 3.31. The Hall–Kier alpha value is -1.63. The van der Waals surface area contributed by atoms with Crippen LogP contribution in [0.5, 0.6) is 0 Å². The van der Waals surface area contributed by atoms with Crippen LogP contribution in [-0.4, -0.2) is 31.5 Å². The summed E-state index contributed by atoms with van der Waals surface area (Å²) in [6, 6.07) is 1.99. The third-order valence-electron chi connectivity index (χ3n) is 5.56. The molecular weight excluding hydrogens is 370 g/mol. The Morgan fingerprint density at radius 1 is 1.42 bits per heavy atom. The first-order valence-corrected chi connectivity index (χ1v) is 9.40. The van der Waals surface area contributed by atoms with E-state index in [1.54, 1.807) is 21.6 Å². The van der Waals surface area contributed by atoms with Crippen LogP contribution in [0.1, 0.15) is 43.1 Å². The number of nitrogens with zero attached hydrogens (tertiary/aromatic N) is 4. The monoisotopic (exact) mass is 391 g/mol. The van der Waals surface area contributed by atoms with Gasteiger partial charge in [-0.2, -0.15) is 10.2 Å². The van der Waals surface area contributed by atoms with Gasteiger partial charge in [0.2, 0.25) is 0 Å². The highest BCUT2D eigenvalue weighted by molar-refractivity contribution is 9.10. The zero-order valence-electron chi connectivity index (χ0n) is 13.7. The first-order chi connectivity index (χ1) is 11.6. The number of carbonyl (C=O) groups excluding carboxylic acids is 1. The summed E-state index contributed by atoms with van der Waals surface area (Å²) >= 11 is 3.37. The topological polar surface area (TPSA) is 64.7 Å². The molecule has 6 nitrogen and oxygen atoms in total. The predicted octanol–water partition coefficient (Wildman–Crippen LogP) is 2.90. The summed E-state index contributed by atoms with van der Waals surface area (Å²) in [6.45, 7) is 2.63. The van der Waals surface area contributed by atoms with Gasteiger partial charge in [-0.05, 0) is 65.9 Å². The van der Waals surface area contributed by atoms with Crippen molar-refractivity contribution in [3.63, 3.8) is 0 Å². The van der Waals surface area contributed by atoms with Crippen molar-refractivity contribution in [1.29, 1.82) is 0 Å². The van der Waals surface area contributed by atoms with Crippen molar-refractivity contribution in [2.75, 3.05) is 0 Å². The van der Waals surface area contributed by atoms with E-state index in [0.717, 1.165) is 16.3 Å². The molecule has 2 aromatic rings. The lowest BCUT2D eigenvalue weighted by molar-refractivity contribution is 0.0909. The Kier molecular flexibility index (Phi) is 4.20. The Labute approximate surface area is 149 Å². The molecule has 2 saturated carbocycles. The highest BCUT2D eigenvalue weighted by atomic mass is 79.9. The number of rotatable bonds is 5. The van der Waals surface area contributed by atoms with Gasteiger partial charge in [-0.25, -0.2) is 4.68 Å². The van der Waals surface area contributed by atoms with Crippen molar-refractivity contribution >= 4 is 21.8 Å². The van der Waals surface area contributed by atoms with Gasteiger partial charge in [0.15, 0.2) is 0 Å². The summed E-state index contributed by atoms with van der Waals surface area (Å²) in [7, 11) is 0. The Balaban J connectivity index is 1.36. The molecule has 4 atom stereocenters. The second-order valence-corrected chi connectivity index (χ2v) is 8.10. The third-order valence-corrected chi connectivity index (χ3v) is 5.97. The van der Waals surface area contributed by atoms with Crippen molar-refractivity contribution in [3.8, 4) is 0 Å². The number of hydrogen-bond donors (Lipinski definition) is 1. The molecule has 2 aromatic heterocycles. The molecule has 0 aliphatic heterocycles. The minimum absolute atomic E-state index is 0.0781. The van der Waals surface area contributed by atoms with Gasteiger partial charge in [-0.15, -0.1) is 0 Å². The lowest BCUT2D eigenvalue weighted by Gasteiger charge is -2.28. The van der Waals surface area contributed by atoms with Crippen LogP contribution in [0.4, 0.5) is 0 Å². The number of fused-ring (bicyclic) bond motifs is 2. The first kappa shape index (κ1) is 15.9. The van der Waals surface area contributed by atoms with Gasteiger partial charge < -0.3 is 5.32 Å². The molecule has 1 N–H and O–H groups in total. The normalized spacial score (nSPS) is 26.7. The minimum Gasteiger partial charge on any atom is -0.348 e. The molecule has 4 unspecified atom stereocenters. The molecule has 7 heteroatoms. The Morgan fingerprint density at radius 2 is 2.29 bits per heavy atom. The van der Waals surface area contributed by atoms with E-state index in [-0.39, 0.29) is 11.9 Å². The van der Waals surface area contributed by atoms with E-state index in [1.165, 1.54) is 25.7 Å². The number of carbonyl (C=O) groups is 1. The van der Waals surface area contributed by atoms with E-state index >= 15 is 0 Å². The number of hydrogen-bond acceptors (Lipinski definition) is 3. The fraction of sp³-hybridized carbons (Fsp3) is 0.588. The summed E-state index contributed by atoms with van der Waals surface area (Å²) in [4.78, 5) is 12.5. The molecule has 2 aliphatic rings. The quantitative estimate of drug-likeness (QED) is 0.851. The van der Waals surface area contributed by atoms with Crippen molar-refractivity contribution in [1.82, 2.24) is 24.9 Å². The SMILES string of the molecule is CC(NC(=O)c1ccn(Cn2cc(Br)cn2)n1)C1CC2CCC1C2. The molecule has 2 heterocycles. The maximum absolute atomic E-state index is 12.5. The van der Waals surface area contributed by atoms with Crippen molar-refractivity contribution in [2.45, 2.75) is 45.3 Å². The van der Waals surface area contributed by atoms with Gasteiger partial charge in [0.05, 0.1) is 10.7 Å². The van der Waals surface area contributed by atoms with E-state index in [1.807, 2.05) is 12.4 Å². The highest BCUT2D eigenvalue weighted by Crippen LogP contribution is 2.49. The molecule has 4 rings (SSSR count). The highest BCUT2D eigenvalue weighted by Gasteiger charge is 2.42. The van der Waals surface area contributed by atoms with E-state index in [2.05, 4.69) is 38.4 Å². The molecule has 1 amide bonds. The average molecular weight is 392 g/mol. The van der Waals surface area contributed by atoms with Crippen LogP contribution in [0.25, 0.3) is 0 Å². The molecule has 2 bridgehead atoms. The zero-order chi connectivity index (χ0) is 16.7. The molecule has 0 aromatic carbocycles. The van der Waals surface area contributed by atoms with Gasteiger partial charge in [-0.3, -0.25) is 9.48 Å². The standard InChI is InChI=1S/C17H22BrN5O/c1-11(15-7-12-2-3-13(15)6-12)20-17(24)16-4-5-22(21-16)10-23-9-14(18)8-19-23/h4-5,8-9,11-13,15H,2-3,6-7,10H2,1H3,(H,20,24). The summed E-state index contributed by atoms with van der Waals surface area (Å²) in [6.07, 6.45) is 10.8. The van der Waals surface area contributed by atoms with E-state index in [4.69, 9.17) is 0 Å². The molecule has 128 valence electrons. The van der Waals surface area contributed by atoms with Crippen molar-refractivity contribution in [2.24, 2.45) is 17.8 Å². The molecule has 0 spiro atoms. The van der Waals surface area contributed by atoms with Crippen LogP contribution in [0.3, 0.4) is 0 Å².